The molecule has 0 bridgehead atoms. The van der Waals surface area contributed by atoms with Gasteiger partial charge in [0.2, 0.25) is 11.1 Å². The van der Waals surface area contributed by atoms with E-state index in [2.05, 4.69) is 14.7 Å². The van der Waals surface area contributed by atoms with E-state index in [-0.39, 0.29) is 17.5 Å². The van der Waals surface area contributed by atoms with Crippen molar-refractivity contribution in [1.29, 1.82) is 0 Å². The quantitative estimate of drug-likeness (QED) is 0.859. The highest BCUT2D eigenvalue weighted by molar-refractivity contribution is 8.01. The average Bonchev–Trinajstić information content (AvgIpc) is 2.84. The zero-order chi connectivity index (χ0) is 13.7. The van der Waals surface area contributed by atoms with E-state index in [0.717, 1.165) is 4.34 Å². The number of hydrogen-bond donors (Lipinski definition) is 1. The summed E-state index contributed by atoms with van der Waals surface area (Å²) in [5, 5.41) is 3.33. The van der Waals surface area contributed by atoms with Crippen molar-refractivity contribution in [2.75, 3.05) is 17.3 Å². The Morgan fingerprint density at radius 2 is 2.37 bits per heavy atom. The van der Waals surface area contributed by atoms with Gasteiger partial charge in [0.1, 0.15) is 5.82 Å². The van der Waals surface area contributed by atoms with Gasteiger partial charge in [-0.2, -0.15) is 4.37 Å². The molecule has 0 unspecified atom stereocenters. The van der Waals surface area contributed by atoms with Crippen molar-refractivity contribution in [3.05, 3.63) is 30.1 Å². The Balaban J connectivity index is 1.84. The Morgan fingerprint density at radius 3 is 3.05 bits per heavy atom. The first-order valence-corrected chi connectivity index (χ1v) is 8.21. The Morgan fingerprint density at radius 1 is 1.53 bits per heavy atom. The molecule has 19 heavy (non-hydrogen) atoms. The fourth-order valence-corrected chi connectivity index (χ4v) is 3.24. The maximum absolute atomic E-state index is 12.9. The second-order valence-corrected chi connectivity index (χ2v) is 6.14. The standard InChI is InChI=1S/C11H10FN3OS3/c1-17-10-14-11(19-15-10)18-6-9(16)13-8-4-2-3-7(12)5-8/h2-5H,6H2,1H3,(H,13,16). The summed E-state index contributed by atoms with van der Waals surface area (Å²) in [6, 6.07) is 5.80. The molecule has 0 radical (unpaired) electrons. The molecule has 0 saturated carbocycles. The highest BCUT2D eigenvalue weighted by Gasteiger charge is 2.08. The number of benzene rings is 1. The Bertz CT molecular complexity index is 576. The van der Waals surface area contributed by atoms with E-state index in [1.807, 2.05) is 6.26 Å². The summed E-state index contributed by atoms with van der Waals surface area (Å²) in [5.41, 5.74) is 0.452. The molecule has 1 N–H and O–H groups in total. The van der Waals surface area contributed by atoms with Gasteiger partial charge in [-0.15, -0.1) is 0 Å². The summed E-state index contributed by atoms with van der Waals surface area (Å²) in [4.78, 5) is 15.9. The van der Waals surface area contributed by atoms with Gasteiger partial charge in [0.05, 0.1) is 5.75 Å². The van der Waals surface area contributed by atoms with Crippen molar-refractivity contribution in [2.24, 2.45) is 0 Å². The van der Waals surface area contributed by atoms with Crippen molar-refractivity contribution >= 4 is 46.7 Å². The summed E-state index contributed by atoms with van der Waals surface area (Å²) < 4.78 is 17.8. The smallest absolute Gasteiger partial charge is 0.234 e. The van der Waals surface area contributed by atoms with Gasteiger partial charge in [0, 0.05) is 5.69 Å². The molecule has 0 aliphatic heterocycles. The first-order valence-electron chi connectivity index (χ1n) is 5.23. The summed E-state index contributed by atoms with van der Waals surface area (Å²) >= 11 is 4.04. The Labute approximate surface area is 122 Å². The number of nitrogens with one attached hydrogen (secondary N) is 1. The summed E-state index contributed by atoms with van der Waals surface area (Å²) in [5.74, 6) is -0.352. The highest BCUT2D eigenvalue weighted by atomic mass is 32.2. The lowest BCUT2D eigenvalue weighted by molar-refractivity contribution is -0.113. The monoisotopic (exact) mass is 315 g/mol. The summed E-state index contributed by atoms with van der Waals surface area (Å²) in [7, 11) is 0. The van der Waals surface area contributed by atoms with Crippen molar-refractivity contribution in [3.63, 3.8) is 0 Å². The molecule has 1 aromatic carbocycles. The fraction of sp³-hybridized carbons (Fsp3) is 0.182. The van der Waals surface area contributed by atoms with Crippen molar-refractivity contribution in [3.8, 4) is 0 Å². The molecule has 2 rings (SSSR count). The molecule has 0 fully saturated rings. The third-order valence-electron chi connectivity index (χ3n) is 2.01. The number of amides is 1. The molecule has 1 amide bonds. The second kappa shape index (κ2) is 6.88. The van der Waals surface area contributed by atoms with Gasteiger partial charge in [0.15, 0.2) is 4.34 Å². The lowest BCUT2D eigenvalue weighted by Gasteiger charge is -2.03. The third kappa shape index (κ3) is 4.48. The van der Waals surface area contributed by atoms with Gasteiger partial charge < -0.3 is 5.32 Å². The maximum Gasteiger partial charge on any atom is 0.234 e. The average molecular weight is 315 g/mol. The van der Waals surface area contributed by atoms with Gasteiger partial charge in [-0.25, -0.2) is 9.37 Å². The normalized spacial score (nSPS) is 10.4. The Hall–Kier alpha value is -1.12. The molecule has 100 valence electrons. The van der Waals surface area contributed by atoms with E-state index in [1.165, 1.54) is 47.2 Å². The van der Waals surface area contributed by atoms with Crippen molar-refractivity contribution in [1.82, 2.24) is 9.36 Å². The molecule has 0 aliphatic rings. The summed E-state index contributed by atoms with van der Waals surface area (Å²) in [6.07, 6.45) is 1.90. The predicted octanol–water partition coefficient (Wildman–Crippen LogP) is 3.13. The SMILES string of the molecule is CSc1nsc(SCC(=O)Nc2cccc(F)c2)n1. The number of carbonyl (C=O) groups excluding carboxylic acids is 1. The first-order chi connectivity index (χ1) is 9.17. The van der Waals surface area contributed by atoms with Crippen LogP contribution < -0.4 is 5.32 Å². The van der Waals surface area contributed by atoms with Crippen LogP contribution in [0, 0.1) is 5.82 Å². The molecular formula is C11H10FN3OS3. The molecule has 0 aliphatic carbocycles. The van der Waals surface area contributed by atoms with Crippen LogP contribution in [0.5, 0.6) is 0 Å². The van der Waals surface area contributed by atoms with E-state index in [4.69, 9.17) is 0 Å². The molecule has 0 saturated heterocycles. The van der Waals surface area contributed by atoms with E-state index in [9.17, 15) is 9.18 Å². The van der Waals surface area contributed by atoms with Crippen LogP contribution in [0.1, 0.15) is 0 Å². The van der Waals surface area contributed by atoms with Crippen LogP contribution in [-0.4, -0.2) is 27.3 Å². The number of anilines is 1. The number of aromatic nitrogens is 2. The van der Waals surface area contributed by atoms with E-state index in [0.29, 0.717) is 10.8 Å². The van der Waals surface area contributed by atoms with Crippen LogP contribution in [0.3, 0.4) is 0 Å². The molecule has 1 aromatic heterocycles. The number of hydrogen-bond acceptors (Lipinski definition) is 6. The van der Waals surface area contributed by atoms with Crippen LogP contribution in [0.25, 0.3) is 0 Å². The molecule has 2 aromatic rings. The predicted molar refractivity (Wildman–Crippen MR) is 77.4 cm³/mol. The van der Waals surface area contributed by atoms with Gasteiger partial charge in [-0.3, -0.25) is 4.79 Å². The molecule has 1 heterocycles. The third-order valence-corrected chi connectivity index (χ3v) is 4.50. The number of nitrogens with zero attached hydrogens (tertiary/aromatic N) is 2. The number of halogens is 1. The van der Waals surface area contributed by atoms with Crippen LogP contribution in [0.15, 0.2) is 33.8 Å². The lowest BCUT2D eigenvalue weighted by atomic mass is 10.3. The van der Waals surface area contributed by atoms with Crippen LogP contribution >= 0.6 is 35.1 Å². The van der Waals surface area contributed by atoms with Gasteiger partial charge in [-0.1, -0.05) is 29.6 Å². The van der Waals surface area contributed by atoms with Crippen LogP contribution in [0.4, 0.5) is 10.1 Å². The van der Waals surface area contributed by atoms with Crippen molar-refractivity contribution < 1.29 is 9.18 Å². The second-order valence-electron chi connectivity index (χ2n) is 3.39. The van der Waals surface area contributed by atoms with E-state index >= 15 is 0 Å². The van der Waals surface area contributed by atoms with Gasteiger partial charge >= 0.3 is 0 Å². The van der Waals surface area contributed by atoms with Crippen LogP contribution in [0.2, 0.25) is 0 Å². The fourth-order valence-electron chi connectivity index (χ4n) is 1.23. The molecule has 4 nitrogen and oxygen atoms in total. The van der Waals surface area contributed by atoms with Crippen molar-refractivity contribution in [2.45, 2.75) is 9.50 Å². The minimum absolute atomic E-state index is 0.198. The van der Waals surface area contributed by atoms with Crippen LogP contribution in [-0.2, 0) is 4.79 Å². The highest BCUT2D eigenvalue weighted by Crippen LogP contribution is 2.23. The zero-order valence-corrected chi connectivity index (χ0v) is 12.4. The van der Waals surface area contributed by atoms with E-state index < -0.39 is 0 Å². The maximum atomic E-state index is 12.9. The molecule has 0 atom stereocenters. The molecule has 0 spiro atoms. The molecule has 8 heteroatoms. The number of thioether (sulfide) groups is 2. The lowest BCUT2D eigenvalue weighted by Crippen LogP contribution is -2.13. The number of carbonyl (C=O) groups is 1. The molecular weight excluding hydrogens is 305 g/mol. The topological polar surface area (TPSA) is 54.9 Å². The minimum Gasteiger partial charge on any atom is -0.325 e. The zero-order valence-electron chi connectivity index (χ0n) is 9.92. The minimum atomic E-state index is -0.376. The number of rotatable bonds is 5. The van der Waals surface area contributed by atoms with Gasteiger partial charge in [-0.05, 0) is 36.0 Å². The Kier molecular flexibility index (Phi) is 5.17. The van der Waals surface area contributed by atoms with E-state index in [1.54, 1.807) is 12.1 Å². The first kappa shape index (κ1) is 14.3. The summed E-state index contributed by atoms with van der Waals surface area (Å²) in [6.45, 7) is 0. The largest absolute Gasteiger partial charge is 0.325 e. The van der Waals surface area contributed by atoms with Gasteiger partial charge in [0.25, 0.3) is 0 Å².